The van der Waals surface area contributed by atoms with E-state index in [2.05, 4.69) is 21.8 Å². The van der Waals surface area contributed by atoms with Crippen LogP contribution < -0.4 is 10.6 Å². The number of nitrogens with one attached hydrogen (secondary N) is 1. The molecule has 1 aromatic heterocycles. The Kier molecular flexibility index (Phi) is 2.47. The van der Waals surface area contributed by atoms with Gasteiger partial charge in [-0.3, -0.25) is 4.79 Å². The normalized spacial score (nSPS) is 19.6. The summed E-state index contributed by atoms with van der Waals surface area (Å²) in [5.41, 5.74) is 7.36. The van der Waals surface area contributed by atoms with E-state index in [1.807, 2.05) is 12.1 Å². The highest BCUT2D eigenvalue weighted by Crippen LogP contribution is 2.26. The van der Waals surface area contributed by atoms with E-state index in [9.17, 15) is 4.79 Å². The molecule has 0 spiro atoms. The maximum atomic E-state index is 11.4. The van der Waals surface area contributed by atoms with Gasteiger partial charge in [0.2, 0.25) is 5.95 Å². The van der Waals surface area contributed by atoms with Gasteiger partial charge in [-0.1, -0.05) is 6.07 Å². The number of carbonyl (C=O) groups excluding carboxylic acids is 1. The number of aromatic amines is 1. The zero-order valence-electron chi connectivity index (χ0n) is 10.3. The third kappa shape index (κ3) is 1.63. The first-order valence-corrected chi connectivity index (χ1v) is 6.22. The van der Waals surface area contributed by atoms with E-state index in [-0.39, 0.29) is 0 Å². The van der Waals surface area contributed by atoms with Crippen LogP contribution in [0.25, 0.3) is 11.0 Å². The molecule has 0 saturated carbocycles. The SMILES string of the molecule is C[C@@H]1CCCN1c1nc2c(C(N)=O)cccc2[nH]1. The van der Waals surface area contributed by atoms with Crippen LogP contribution in [0.3, 0.4) is 0 Å². The summed E-state index contributed by atoms with van der Waals surface area (Å²) in [4.78, 5) is 21.4. The molecule has 18 heavy (non-hydrogen) atoms. The van der Waals surface area contributed by atoms with Crippen LogP contribution >= 0.6 is 0 Å². The van der Waals surface area contributed by atoms with E-state index < -0.39 is 5.91 Å². The maximum Gasteiger partial charge on any atom is 0.250 e. The van der Waals surface area contributed by atoms with Crippen LogP contribution in [-0.4, -0.2) is 28.5 Å². The first kappa shape index (κ1) is 11.1. The van der Waals surface area contributed by atoms with Crippen molar-refractivity contribution in [3.8, 4) is 0 Å². The lowest BCUT2D eigenvalue weighted by atomic mass is 10.2. The fourth-order valence-electron chi connectivity index (χ4n) is 2.60. The summed E-state index contributed by atoms with van der Waals surface area (Å²) in [6.07, 6.45) is 2.36. The fourth-order valence-corrected chi connectivity index (χ4v) is 2.60. The molecular formula is C13H16N4O. The number of primary amides is 1. The van der Waals surface area contributed by atoms with Crippen molar-refractivity contribution in [3.05, 3.63) is 23.8 Å². The summed E-state index contributed by atoms with van der Waals surface area (Å²) in [7, 11) is 0. The topological polar surface area (TPSA) is 75.0 Å². The van der Waals surface area contributed by atoms with Gasteiger partial charge >= 0.3 is 0 Å². The lowest BCUT2D eigenvalue weighted by molar-refractivity contribution is 0.100. The van der Waals surface area contributed by atoms with Crippen molar-refractivity contribution in [2.75, 3.05) is 11.4 Å². The molecule has 1 atom stereocenters. The first-order valence-electron chi connectivity index (χ1n) is 6.22. The number of amides is 1. The highest BCUT2D eigenvalue weighted by Gasteiger charge is 2.23. The summed E-state index contributed by atoms with van der Waals surface area (Å²) in [5.74, 6) is 0.400. The van der Waals surface area contributed by atoms with Crippen LogP contribution in [-0.2, 0) is 0 Å². The van der Waals surface area contributed by atoms with Crippen LogP contribution in [0.5, 0.6) is 0 Å². The van der Waals surface area contributed by atoms with Crippen LogP contribution in [0.2, 0.25) is 0 Å². The van der Waals surface area contributed by atoms with Gasteiger partial charge < -0.3 is 15.6 Å². The number of anilines is 1. The van der Waals surface area contributed by atoms with Gasteiger partial charge in [-0.25, -0.2) is 4.98 Å². The zero-order chi connectivity index (χ0) is 12.7. The summed E-state index contributed by atoms with van der Waals surface area (Å²) in [6.45, 7) is 3.20. The zero-order valence-corrected chi connectivity index (χ0v) is 10.3. The number of carbonyl (C=O) groups is 1. The van der Waals surface area contributed by atoms with Crippen molar-refractivity contribution < 1.29 is 4.79 Å². The van der Waals surface area contributed by atoms with Gasteiger partial charge in [-0.15, -0.1) is 0 Å². The average molecular weight is 244 g/mol. The number of imidazole rings is 1. The molecule has 1 fully saturated rings. The van der Waals surface area contributed by atoms with Crippen molar-refractivity contribution in [2.45, 2.75) is 25.8 Å². The predicted molar refractivity (Wildman–Crippen MR) is 70.7 cm³/mol. The van der Waals surface area contributed by atoms with Gasteiger partial charge in [0.15, 0.2) is 0 Å². The number of hydrogen-bond acceptors (Lipinski definition) is 3. The summed E-state index contributed by atoms with van der Waals surface area (Å²) in [6, 6.07) is 5.93. The highest BCUT2D eigenvalue weighted by molar-refractivity contribution is 6.04. The maximum absolute atomic E-state index is 11.4. The number of nitrogens with zero attached hydrogens (tertiary/aromatic N) is 2. The number of fused-ring (bicyclic) bond motifs is 1. The Morgan fingerprint density at radius 2 is 2.39 bits per heavy atom. The van der Waals surface area contributed by atoms with E-state index in [4.69, 9.17) is 5.73 Å². The largest absolute Gasteiger partial charge is 0.366 e. The Morgan fingerprint density at radius 1 is 1.56 bits per heavy atom. The van der Waals surface area contributed by atoms with Crippen LogP contribution in [0.15, 0.2) is 18.2 Å². The van der Waals surface area contributed by atoms with Gasteiger partial charge in [-0.2, -0.15) is 0 Å². The molecule has 3 rings (SSSR count). The summed E-state index contributed by atoms with van der Waals surface area (Å²) in [5, 5.41) is 0. The number of benzene rings is 1. The van der Waals surface area contributed by atoms with Crippen LogP contribution in [0.4, 0.5) is 5.95 Å². The van der Waals surface area contributed by atoms with E-state index in [0.29, 0.717) is 17.1 Å². The number of aromatic nitrogens is 2. The minimum atomic E-state index is -0.437. The van der Waals surface area contributed by atoms with Gasteiger partial charge in [0.1, 0.15) is 5.52 Å². The van der Waals surface area contributed by atoms with Gasteiger partial charge in [0, 0.05) is 12.6 Å². The number of nitrogens with two attached hydrogens (primary N) is 1. The van der Waals surface area contributed by atoms with E-state index >= 15 is 0 Å². The Labute approximate surface area is 105 Å². The highest BCUT2D eigenvalue weighted by atomic mass is 16.1. The Balaban J connectivity index is 2.11. The first-order chi connectivity index (χ1) is 8.66. The second-order valence-electron chi connectivity index (χ2n) is 4.81. The molecular weight excluding hydrogens is 228 g/mol. The summed E-state index contributed by atoms with van der Waals surface area (Å²) < 4.78 is 0. The number of H-pyrrole nitrogens is 1. The van der Waals surface area contributed by atoms with Crippen molar-refractivity contribution in [1.82, 2.24) is 9.97 Å². The molecule has 1 aliphatic heterocycles. The Hall–Kier alpha value is -2.04. The molecule has 2 heterocycles. The Bertz CT molecular complexity index is 604. The molecule has 94 valence electrons. The van der Waals surface area contributed by atoms with Crippen LogP contribution in [0.1, 0.15) is 30.1 Å². The van der Waals surface area contributed by atoms with Gasteiger partial charge in [-0.05, 0) is 31.9 Å². The van der Waals surface area contributed by atoms with E-state index in [1.165, 1.54) is 12.8 Å². The lowest BCUT2D eigenvalue weighted by Gasteiger charge is -2.19. The molecule has 3 N–H and O–H groups in total. The van der Waals surface area contributed by atoms with E-state index in [0.717, 1.165) is 18.0 Å². The molecule has 0 bridgehead atoms. The third-order valence-corrected chi connectivity index (χ3v) is 3.59. The van der Waals surface area contributed by atoms with Crippen molar-refractivity contribution in [2.24, 2.45) is 5.73 Å². The fraction of sp³-hybridized carbons (Fsp3) is 0.385. The predicted octanol–water partition coefficient (Wildman–Crippen LogP) is 1.65. The number of rotatable bonds is 2. The minimum Gasteiger partial charge on any atom is -0.366 e. The monoisotopic (exact) mass is 244 g/mol. The standard InChI is InChI=1S/C13H16N4O/c1-8-4-3-7-17(8)13-15-10-6-2-5-9(12(14)18)11(10)16-13/h2,5-6,8H,3-4,7H2,1H3,(H2,14,18)(H,15,16)/t8-/m1/s1. The molecule has 1 saturated heterocycles. The second kappa shape index (κ2) is 4.01. The quantitative estimate of drug-likeness (QED) is 0.843. The Morgan fingerprint density at radius 3 is 3.06 bits per heavy atom. The average Bonchev–Trinajstić information content (AvgIpc) is 2.92. The third-order valence-electron chi connectivity index (χ3n) is 3.59. The van der Waals surface area contributed by atoms with Gasteiger partial charge in [0.25, 0.3) is 5.91 Å². The van der Waals surface area contributed by atoms with Crippen molar-refractivity contribution in [3.63, 3.8) is 0 Å². The smallest absolute Gasteiger partial charge is 0.250 e. The number of para-hydroxylation sites is 1. The van der Waals surface area contributed by atoms with Crippen molar-refractivity contribution >= 4 is 22.9 Å². The van der Waals surface area contributed by atoms with Gasteiger partial charge in [0.05, 0.1) is 11.1 Å². The molecule has 1 aliphatic rings. The lowest BCUT2D eigenvalue weighted by Crippen LogP contribution is -2.27. The van der Waals surface area contributed by atoms with E-state index in [1.54, 1.807) is 6.07 Å². The molecule has 5 nitrogen and oxygen atoms in total. The second-order valence-corrected chi connectivity index (χ2v) is 4.81. The molecule has 1 aromatic carbocycles. The molecule has 0 radical (unpaired) electrons. The van der Waals surface area contributed by atoms with Crippen LogP contribution in [0, 0.1) is 0 Å². The molecule has 5 heteroatoms. The molecule has 1 amide bonds. The minimum absolute atomic E-state index is 0.437. The summed E-state index contributed by atoms with van der Waals surface area (Å²) >= 11 is 0. The molecule has 0 aliphatic carbocycles. The van der Waals surface area contributed by atoms with Crippen molar-refractivity contribution in [1.29, 1.82) is 0 Å². The molecule has 0 unspecified atom stereocenters. The number of hydrogen-bond donors (Lipinski definition) is 2. The molecule has 2 aromatic rings.